The van der Waals surface area contributed by atoms with Crippen LogP contribution < -0.4 is 0 Å². The fourth-order valence-corrected chi connectivity index (χ4v) is 3.62. The zero-order valence-electron chi connectivity index (χ0n) is 8.30. The van der Waals surface area contributed by atoms with Crippen LogP contribution in [0.1, 0.15) is 5.69 Å². The number of aromatic nitrogens is 4. The molecule has 0 N–H and O–H groups in total. The minimum atomic E-state index is -3.72. The van der Waals surface area contributed by atoms with Crippen molar-refractivity contribution in [2.24, 2.45) is 0 Å². The summed E-state index contributed by atoms with van der Waals surface area (Å²) in [6.07, 6.45) is 1.25. The topological polar surface area (TPSA) is 77.2 Å². The van der Waals surface area contributed by atoms with Gasteiger partial charge in [-0.1, -0.05) is 0 Å². The molecule has 0 saturated heterocycles. The normalized spacial score (nSPS) is 13.2. The second-order valence-corrected chi connectivity index (χ2v) is 13.5. The van der Waals surface area contributed by atoms with Crippen molar-refractivity contribution in [3.8, 4) is 0 Å². The van der Waals surface area contributed by atoms with Crippen molar-refractivity contribution in [1.29, 1.82) is 0 Å². The van der Waals surface area contributed by atoms with E-state index in [1.807, 2.05) is 0 Å². The Morgan fingerprint density at radius 1 is 1.35 bits per heavy atom. The second kappa shape index (κ2) is 4.25. The molecule has 10 heteroatoms. The van der Waals surface area contributed by atoms with Gasteiger partial charge in [0.1, 0.15) is 6.33 Å². The largest absolute Gasteiger partial charge is 0.253 e. The van der Waals surface area contributed by atoms with Crippen LogP contribution in [0.5, 0.6) is 0 Å². The molecule has 0 unspecified atom stereocenters. The van der Waals surface area contributed by atoms with Gasteiger partial charge in [-0.3, -0.25) is 0 Å². The maximum absolute atomic E-state index is 12.3. The third-order valence-corrected chi connectivity index (χ3v) is 7.21. The van der Waals surface area contributed by atoms with Crippen LogP contribution in [0.2, 0.25) is 0 Å². The molecule has 0 radical (unpaired) electrons. The number of fused-ring (bicyclic) bond motifs is 1. The molecule has 2 rings (SSSR count). The molecule has 17 heavy (non-hydrogen) atoms. The molecule has 0 aliphatic rings. The zero-order valence-corrected chi connectivity index (χ0v) is 13.9. The monoisotopic (exact) mass is 446 g/mol. The van der Waals surface area contributed by atoms with Crippen molar-refractivity contribution in [3.63, 3.8) is 0 Å². The molecule has 0 aromatic carbocycles. The van der Waals surface area contributed by atoms with E-state index in [-0.39, 0.29) is 10.8 Å². The molecule has 2 aromatic rings. The fourth-order valence-electron chi connectivity index (χ4n) is 1.21. The molecule has 2 aromatic heterocycles. The summed E-state index contributed by atoms with van der Waals surface area (Å²) in [4.78, 5) is 7.94. The predicted molar refractivity (Wildman–Crippen MR) is 72.2 cm³/mol. The number of alkyl halides is 3. The van der Waals surface area contributed by atoms with E-state index in [9.17, 15) is 8.42 Å². The lowest BCUT2D eigenvalue weighted by Crippen LogP contribution is -2.21. The number of nitrogens with zero attached hydrogens (tertiary/aromatic N) is 4. The number of rotatable bonds is 1. The number of hydrogen-bond donors (Lipinski definition) is 0. The van der Waals surface area contributed by atoms with Gasteiger partial charge in [0.2, 0.25) is 11.3 Å². The van der Waals surface area contributed by atoms with Gasteiger partial charge < -0.3 is 0 Å². The van der Waals surface area contributed by atoms with Crippen LogP contribution in [0.15, 0.2) is 17.4 Å². The summed E-state index contributed by atoms with van der Waals surface area (Å²) in [5.74, 6) is 0.236. The third-order valence-electron chi connectivity index (χ3n) is 1.93. The van der Waals surface area contributed by atoms with Crippen LogP contribution in [0, 0.1) is 6.92 Å². The summed E-state index contributed by atoms with van der Waals surface area (Å²) in [6, 6.07) is 1.43. The van der Waals surface area contributed by atoms with Gasteiger partial charge in [-0.25, -0.2) is 13.4 Å². The molecule has 6 nitrogen and oxygen atoms in total. The van der Waals surface area contributed by atoms with Crippen LogP contribution >= 0.6 is 47.8 Å². The van der Waals surface area contributed by atoms with Crippen LogP contribution in [0.25, 0.3) is 5.78 Å². The Balaban J connectivity index is 2.84. The second-order valence-electron chi connectivity index (χ2n) is 3.16. The number of hydrogen-bond acceptors (Lipinski definition) is 5. The van der Waals surface area contributed by atoms with Gasteiger partial charge in [0.25, 0.3) is 5.78 Å². The third kappa shape index (κ3) is 2.27. The van der Waals surface area contributed by atoms with E-state index in [1.54, 1.807) is 6.92 Å². The van der Waals surface area contributed by atoms with Crippen LogP contribution in [0.4, 0.5) is 0 Å². The van der Waals surface area contributed by atoms with Crippen molar-refractivity contribution < 1.29 is 8.42 Å². The van der Waals surface area contributed by atoms with Gasteiger partial charge in [-0.05, 0) is 60.8 Å². The van der Waals surface area contributed by atoms with E-state index >= 15 is 0 Å². The van der Waals surface area contributed by atoms with E-state index in [4.69, 9.17) is 0 Å². The lowest BCUT2D eigenvalue weighted by molar-refractivity contribution is 0.589. The van der Waals surface area contributed by atoms with E-state index < -0.39 is 11.3 Å². The van der Waals surface area contributed by atoms with E-state index in [2.05, 4.69) is 62.9 Å². The summed E-state index contributed by atoms with van der Waals surface area (Å²) in [6.45, 7) is 1.69. The first-order chi connectivity index (χ1) is 7.73. The fraction of sp³-hybridized carbons (Fsp3) is 0.286. The zero-order chi connectivity index (χ0) is 12.8. The van der Waals surface area contributed by atoms with Gasteiger partial charge in [-0.15, -0.1) is 0 Å². The summed E-state index contributed by atoms with van der Waals surface area (Å²) >= 11 is 9.00. The Kier molecular flexibility index (Phi) is 3.34. The maximum Gasteiger partial charge on any atom is 0.253 e. The quantitative estimate of drug-likeness (QED) is 0.492. The summed E-state index contributed by atoms with van der Waals surface area (Å²) in [5.41, 5.74) is 0.542. The number of halogens is 3. The van der Waals surface area contributed by atoms with E-state index in [1.165, 1.54) is 16.9 Å². The molecule has 92 valence electrons. The average molecular weight is 449 g/mol. The highest BCUT2D eigenvalue weighted by Crippen LogP contribution is 2.42. The molecule has 0 aliphatic heterocycles. The van der Waals surface area contributed by atoms with Crippen molar-refractivity contribution in [2.45, 2.75) is 13.4 Å². The SMILES string of the molecule is Cc1cc(S(=O)(=O)C(Br)(Br)Br)n2ncnc2n1. The van der Waals surface area contributed by atoms with Crippen molar-refractivity contribution in [1.82, 2.24) is 19.6 Å². The first-order valence-corrected chi connectivity index (χ1v) is 8.08. The molecule has 0 fully saturated rings. The van der Waals surface area contributed by atoms with Gasteiger partial charge in [0, 0.05) is 5.69 Å². The van der Waals surface area contributed by atoms with Gasteiger partial charge in [-0.2, -0.15) is 14.6 Å². The lowest BCUT2D eigenvalue weighted by atomic mass is 10.5. The van der Waals surface area contributed by atoms with Crippen molar-refractivity contribution >= 4 is 63.4 Å². The minimum Gasteiger partial charge on any atom is -0.219 e. The first-order valence-electron chi connectivity index (χ1n) is 4.22. The predicted octanol–water partition coefficient (Wildman–Crippen LogP) is 2.00. The molecule has 2 heterocycles. The Morgan fingerprint density at radius 3 is 2.59 bits per heavy atom. The van der Waals surface area contributed by atoms with Crippen LogP contribution in [-0.2, 0) is 9.84 Å². The standard InChI is InChI=1S/C7H5Br3N4O2S/c1-4-2-5(17(15,16)7(8,9)10)14-6(13-4)11-3-12-14/h2-3H,1H3. The van der Waals surface area contributed by atoms with E-state index in [0.29, 0.717) is 5.69 Å². The number of aryl methyl sites for hydroxylation is 1. The van der Waals surface area contributed by atoms with Crippen LogP contribution in [0.3, 0.4) is 0 Å². The molecule has 0 spiro atoms. The molecular formula is C7H5Br3N4O2S. The summed E-state index contributed by atoms with van der Waals surface area (Å²) < 4.78 is 24.2. The van der Waals surface area contributed by atoms with Crippen LogP contribution in [-0.4, -0.2) is 29.5 Å². The highest BCUT2D eigenvalue weighted by Gasteiger charge is 2.39. The van der Waals surface area contributed by atoms with Gasteiger partial charge in [0.05, 0.1) is 0 Å². The Morgan fingerprint density at radius 2 is 2.00 bits per heavy atom. The van der Waals surface area contributed by atoms with Crippen molar-refractivity contribution in [3.05, 3.63) is 18.1 Å². The highest BCUT2D eigenvalue weighted by atomic mass is 80.0. The Labute approximate surface area is 122 Å². The number of sulfone groups is 1. The van der Waals surface area contributed by atoms with Crippen molar-refractivity contribution in [2.75, 3.05) is 0 Å². The smallest absolute Gasteiger partial charge is 0.219 e. The highest BCUT2D eigenvalue weighted by molar-refractivity contribution is 9.42. The molecule has 0 atom stereocenters. The molecular weight excluding hydrogens is 444 g/mol. The maximum atomic E-state index is 12.3. The van der Waals surface area contributed by atoms with Gasteiger partial charge >= 0.3 is 0 Å². The minimum absolute atomic E-state index is 0.0110. The Hall–Kier alpha value is -0.0600. The summed E-state index contributed by atoms with van der Waals surface area (Å²) in [5, 5.41) is 3.83. The summed E-state index contributed by atoms with van der Waals surface area (Å²) in [7, 11) is -3.72. The first kappa shape index (κ1) is 13.4. The van der Waals surface area contributed by atoms with E-state index in [0.717, 1.165) is 0 Å². The Bertz CT molecular complexity index is 676. The van der Waals surface area contributed by atoms with Gasteiger partial charge in [0.15, 0.2) is 5.03 Å². The molecule has 0 bridgehead atoms. The molecule has 0 amide bonds. The molecule has 0 saturated carbocycles. The lowest BCUT2D eigenvalue weighted by Gasteiger charge is -2.14. The average Bonchev–Trinajstić information content (AvgIpc) is 2.61. The molecule has 0 aliphatic carbocycles.